The van der Waals surface area contributed by atoms with Crippen LogP contribution in [0.25, 0.3) is 22.3 Å². The number of hydrogen-bond acceptors (Lipinski definition) is 2. The predicted octanol–water partition coefficient (Wildman–Crippen LogP) is 7.18. The van der Waals surface area contributed by atoms with E-state index >= 15 is 0 Å². The molecule has 5 rings (SSSR count). The molecule has 34 heavy (non-hydrogen) atoms. The summed E-state index contributed by atoms with van der Waals surface area (Å²) in [6, 6.07) is 43.7. The average molecular weight is 443 g/mol. The van der Waals surface area contributed by atoms with Gasteiger partial charge < -0.3 is 10.2 Å². The summed E-state index contributed by atoms with van der Waals surface area (Å²) in [5, 5.41) is 23.0. The Bertz CT molecular complexity index is 1240. The third kappa shape index (κ3) is 4.42. The summed E-state index contributed by atoms with van der Waals surface area (Å²) < 4.78 is 0. The van der Waals surface area contributed by atoms with Crippen molar-refractivity contribution in [3.8, 4) is 22.3 Å². The fourth-order valence-corrected chi connectivity index (χ4v) is 4.45. The second kappa shape index (κ2) is 9.88. The summed E-state index contributed by atoms with van der Waals surface area (Å²) in [7, 11) is 0. The molecule has 2 nitrogen and oxygen atoms in total. The zero-order valence-electron chi connectivity index (χ0n) is 18.8. The van der Waals surface area contributed by atoms with Crippen molar-refractivity contribution < 1.29 is 10.2 Å². The molecular formula is C32H26O2. The maximum atomic E-state index is 11.5. The normalized spacial score (nSPS) is 12.8. The molecule has 0 amide bonds. The zero-order chi connectivity index (χ0) is 23.3. The highest BCUT2D eigenvalue weighted by molar-refractivity contribution is 5.85. The summed E-state index contributed by atoms with van der Waals surface area (Å²) in [5.74, 6) is 0. The van der Waals surface area contributed by atoms with E-state index in [4.69, 9.17) is 0 Å². The molecule has 5 aromatic carbocycles. The van der Waals surface area contributed by atoms with Gasteiger partial charge in [0.25, 0.3) is 0 Å². The molecule has 166 valence electrons. The Labute approximate surface area is 200 Å². The topological polar surface area (TPSA) is 40.5 Å². The molecule has 0 aliphatic carbocycles. The quantitative estimate of drug-likeness (QED) is 0.292. The van der Waals surface area contributed by atoms with Crippen LogP contribution in [0.2, 0.25) is 0 Å². The molecule has 2 atom stereocenters. The average Bonchev–Trinajstić information content (AvgIpc) is 2.93. The van der Waals surface area contributed by atoms with Crippen LogP contribution in [0.1, 0.15) is 34.5 Å². The van der Waals surface area contributed by atoms with E-state index in [2.05, 4.69) is 24.3 Å². The van der Waals surface area contributed by atoms with Crippen LogP contribution in [0.3, 0.4) is 0 Å². The van der Waals surface area contributed by atoms with Crippen LogP contribution in [0.4, 0.5) is 0 Å². The number of aliphatic hydroxyl groups excluding tert-OH is 2. The standard InChI is InChI=1S/C32H26O2/c33-31(25-17-9-3-10-18-25)29-21-27(23-13-5-1-6-14-23)28(24-15-7-2-8-16-24)22-30(29)32(34)26-19-11-4-12-20-26/h1-22,31-34H. The molecule has 2 heteroatoms. The molecule has 0 heterocycles. The first kappa shape index (κ1) is 21.8. The molecule has 0 saturated carbocycles. The first-order valence-electron chi connectivity index (χ1n) is 11.5. The van der Waals surface area contributed by atoms with Crippen molar-refractivity contribution in [2.24, 2.45) is 0 Å². The summed E-state index contributed by atoms with van der Waals surface area (Å²) in [6.45, 7) is 0. The summed E-state index contributed by atoms with van der Waals surface area (Å²) >= 11 is 0. The monoisotopic (exact) mass is 442 g/mol. The Hall–Kier alpha value is -3.98. The minimum Gasteiger partial charge on any atom is -0.384 e. The van der Waals surface area contributed by atoms with Crippen LogP contribution in [0, 0.1) is 0 Å². The number of hydrogen-bond donors (Lipinski definition) is 2. The Morgan fingerprint density at radius 3 is 1.00 bits per heavy atom. The number of aliphatic hydroxyl groups is 2. The fraction of sp³-hybridized carbons (Fsp3) is 0.0625. The third-order valence-electron chi connectivity index (χ3n) is 6.21. The minimum absolute atomic E-state index is 0.695. The van der Waals surface area contributed by atoms with Gasteiger partial charge in [-0.3, -0.25) is 0 Å². The highest BCUT2D eigenvalue weighted by atomic mass is 16.3. The summed E-state index contributed by atoms with van der Waals surface area (Å²) in [6.07, 6.45) is -1.75. The van der Waals surface area contributed by atoms with Gasteiger partial charge in [-0.15, -0.1) is 0 Å². The van der Waals surface area contributed by atoms with Gasteiger partial charge in [0.05, 0.1) is 0 Å². The van der Waals surface area contributed by atoms with Gasteiger partial charge >= 0.3 is 0 Å². The van der Waals surface area contributed by atoms with Crippen LogP contribution in [0.15, 0.2) is 133 Å². The van der Waals surface area contributed by atoms with Crippen LogP contribution < -0.4 is 0 Å². The molecule has 2 N–H and O–H groups in total. The molecule has 0 bridgehead atoms. The Kier molecular flexibility index (Phi) is 6.35. The van der Waals surface area contributed by atoms with Crippen molar-refractivity contribution in [2.45, 2.75) is 12.2 Å². The van der Waals surface area contributed by atoms with Crippen molar-refractivity contribution in [1.82, 2.24) is 0 Å². The van der Waals surface area contributed by atoms with E-state index in [1.165, 1.54) is 0 Å². The van der Waals surface area contributed by atoms with Crippen LogP contribution >= 0.6 is 0 Å². The fourth-order valence-electron chi connectivity index (χ4n) is 4.45. The first-order chi connectivity index (χ1) is 16.7. The van der Waals surface area contributed by atoms with Gasteiger partial charge in [0, 0.05) is 0 Å². The highest BCUT2D eigenvalue weighted by Gasteiger charge is 2.24. The number of rotatable bonds is 6. The van der Waals surface area contributed by atoms with E-state index in [-0.39, 0.29) is 0 Å². The van der Waals surface area contributed by atoms with Crippen molar-refractivity contribution in [3.05, 3.63) is 156 Å². The first-order valence-corrected chi connectivity index (χ1v) is 11.5. The predicted molar refractivity (Wildman–Crippen MR) is 138 cm³/mol. The Morgan fingerprint density at radius 2 is 0.676 bits per heavy atom. The van der Waals surface area contributed by atoms with Gasteiger partial charge in [0.15, 0.2) is 0 Å². The van der Waals surface area contributed by atoms with Gasteiger partial charge in [-0.1, -0.05) is 121 Å². The highest BCUT2D eigenvalue weighted by Crippen LogP contribution is 2.40. The van der Waals surface area contributed by atoms with Gasteiger partial charge in [0.1, 0.15) is 12.2 Å². The number of benzene rings is 5. The molecule has 0 spiro atoms. The molecule has 0 aliphatic rings. The Balaban J connectivity index is 1.78. The lowest BCUT2D eigenvalue weighted by molar-refractivity contribution is 0.197. The van der Waals surface area contributed by atoms with Crippen LogP contribution in [0.5, 0.6) is 0 Å². The maximum Gasteiger partial charge on any atom is 0.104 e. The third-order valence-corrected chi connectivity index (χ3v) is 6.21. The minimum atomic E-state index is -0.873. The van der Waals surface area contributed by atoms with E-state index in [9.17, 15) is 10.2 Å². The molecule has 0 radical (unpaired) electrons. The van der Waals surface area contributed by atoms with Crippen molar-refractivity contribution >= 4 is 0 Å². The van der Waals surface area contributed by atoms with Crippen molar-refractivity contribution in [3.63, 3.8) is 0 Å². The summed E-state index contributed by atoms with van der Waals surface area (Å²) in [4.78, 5) is 0. The molecule has 2 unspecified atom stereocenters. The van der Waals surface area contributed by atoms with Crippen LogP contribution in [-0.2, 0) is 0 Å². The van der Waals surface area contributed by atoms with Crippen molar-refractivity contribution in [2.75, 3.05) is 0 Å². The molecular weight excluding hydrogens is 416 g/mol. The largest absolute Gasteiger partial charge is 0.384 e. The van der Waals surface area contributed by atoms with E-state index in [0.29, 0.717) is 11.1 Å². The van der Waals surface area contributed by atoms with Gasteiger partial charge in [-0.2, -0.15) is 0 Å². The molecule has 0 fully saturated rings. The maximum absolute atomic E-state index is 11.5. The van der Waals surface area contributed by atoms with Crippen LogP contribution in [-0.4, -0.2) is 10.2 Å². The van der Waals surface area contributed by atoms with E-state index in [0.717, 1.165) is 33.4 Å². The molecule has 0 saturated heterocycles. The van der Waals surface area contributed by atoms with Gasteiger partial charge in [-0.05, 0) is 56.6 Å². The summed E-state index contributed by atoms with van der Waals surface area (Å²) in [5.41, 5.74) is 7.11. The van der Waals surface area contributed by atoms with Gasteiger partial charge in [-0.25, -0.2) is 0 Å². The second-order valence-corrected chi connectivity index (χ2v) is 8.39. The molecule has 0 aromatic heterocycles. The van der Waals surface area contributed by atoms with E-state index < -0.39 is 12.2 Å². The lowest BCUT2D eigenvalue weighted by atomic mass is 9.84. The van der Waals surface area contributed by atoms with E-state index in [1.807, 2.05) is 109 Å². The van der Waals surface area contributed by atoms with Crippen molar-refractivity contribution in [1.29, 1.82) is 0 Å². The molecule has 5 aromatic rings. The zero-order valence-corrected chi connectivity index (χ0v) is 18.8. The second-order valence-electron chi connectivity index (χ2n) is 8.39. The Morgan fingerprint density at radius 1 is 0.382 bits per heavy atom. The van der Waals surface area contributed by atoms with Gasteiger partial charge in [0.2, 0.25) is 0 Å². The smallest absolute Gasteiger partial charge is 0.104 e. The SMILES string of the molecule is OC(c1ccccc1)c1cc(-c2ccccc2)c(-c2ccccc2)cc1C(O)c1ccccc1. The molecule has 0 aliphatic heterocycles. The lowest BCUT2D eigenvalue weighted by Gasteiger charge is -2.24. The van der Waals surface area contributed by atoms with E-state index in [1.54, 1.807) is 0 Å². The lowest BCUT2D eigenvalue weighted by Crippen LogP contribution is -2.10.